The minimum Gasteiger partial charge on any atom is -0.390 e. The van der Waals surface area contributed by atoms with E-state index in [-0.39, 0.29) is 17.7 Å². The van der Waals surface area contributed by atoms with E-state index in [2.05, 4.69) is 5.32 Å². The van der Waals surface area contributed by atoms with Gasteiger partial charge in [0.2, 0.25) is 5.91 Å². The Bertz CT molecular complexity index is 405. The fourth-order valence-corrected chi connectivity index (χ4v) is 1.76. The minimum absolute atomic E-state index is 0.209. The van der Waals surface area contributed by atoms with Crippen LogP contribution in [-0.2, 0) is 4.79 Å². The molecule has 0 saturated carbocycles. The molecule has 1 saturated heterocycles. The van der Waals surface area contributed by atoms with Crippen LogP contribution < -0.4 is 5.32 Å². The van der Waals surface area contributed by atoms with Crippen LogP contribution in [0, 0.1) is 5.82 Å². The van der Waals surface area contributed by atoms with Crippen molar-refractivity contribution in [3.05, 3.63) is 30.1 Å². The Hall–Kier alpha value is -1.46. The van der Waals surface area contributed by atoms with Gasteiger partial charge in [0, 0.05) is 26.1 Å². The standard InChI is InChI=1S/C12H15FN2O2/c13-10-3-1-2-4-11(10)14-12(17)5-6-15-7-9(16)8-15/h1-4,9,16H,5-8H2,(H,14,17). The van der Waals surface area contributed by atoms with E-state index in [0.29, 0.717) is 26.1 Å². The first kappa shape index (κ1) is 12.0. The van der Waals surface area contributed by atoms with E-state index < -0.39 is 5.82 Å². The molecule has 1 heterocycles. The molecule has 0 unspecified atom stereocenters. The van der Waals surface area contributed by atoms with Crippen molar-refractivity contribution in [2.24, 2.45) is 0 Å². The van der Waals surface area contributed by atoms with Crippen LogP contribution in [-0.4, -0.2) is 41.7 Å². The van der Waals surface area contributed by atoms with Crippen LogP contribution in [0.2, 0.25) is 0 Å². The fourth-order valence-electron chi connectivity index (χ4n) is 1.76. The number of halogens is 1. The largest absolute Gasteiger partial charge is 0.390 e. The molecule has 0 aliphatic carbocycles. The number of hydrogen-bond acceptors (Lipinski definition) is 3. The van der Waals surface area contributed by atoms with Gasteiger partial charge in [-0.1, -0.05) is 12.1 Å². The number of para-hydroxylation sites is 1. The number of amides is 1. The molecule has 1 aliphatic heterocycles. The van der Waals surface area contributed by atoms with E-state index in [1.165, 1.54) is 12.1 Å². The second-order valence-corrected chi connectivity index (χ2v) is 4.19. The van der Waals surface area contributed by atoms with Gasteiger partial charge < -0.3 is 10.4 Å². The van der Waals surface area contributed by atoms with Crippen molar-refractivity contribution < 1.29 is 14.3 Å². The van der Waals surface area contributed by atoms with Crippen LogP contribution in [0.4, 0.5) is 10.1 Å². The number of carbonyl (C=O) groups excluding carboxylic acids is 1. The molecule has 1 aromatic carbocycles. The highest BCUT2D eigenvalue weighted by atomic mass is 19.1. The van der Waals surface area contributed by atoms with Crippen LogP contribution in [0.1, 0.15) is 6.42 Å². The lowest BCUT2D eigenvalue weighted by Crippen LogP contribution is -2.51. The molecule has 5 heteroatoms. The number of benzene rings is 1. The first-order chi connectivity index (χ1) is 8.15. The molecule has 17 heavy (non-hydrogen) atoms. The van der Waals surface area contributed by atoms with Crippen molar-refractivity contribution in [2.45, 2.75) is 12.5 Å². The maximum Gasteiger partial charge on any atom is 0.225 e. The van der Waals surface area contributed by atoms with E-state index in [0.717, 1.165) is 0 Å². The van der Waals surface area contributed by atoms with Crippen molar-refractivity contribution in [3.63, 3.8) is 0 Å². The van der Waals surface area contributed by atoms with E-state index in [4.69, 9.17) is 5.11 Å². The number of β-amino-alcohol motifs (C(OH)–C–C–N with tert-alkyl or cyclic N) is 1. The summed E-state index contributed by atoms with van der Waals surface area (Å²) < 4.78 is 13.2. The van der Waals surface area contributed by atoms with Crippen LogP contribution in [0.15, 0.2) is 24.3 Å². The number of carbonyl (C=O) groups is 1. The van der Waals surface area contributed by atoms with Crippen molar-refractivity contribution in [2.75, 3.05) is 25.0 Å². The maximum absolute atomic E-state index is 13.2. The third-order valence-electron chi connectivity index (χ3n) is 2.74. The zero-order valence-electron chi connectivity index (χ0n) is 9.40. The molecule has 4 nitrogen and oxygen atoms in total. The molecule has 2 rings (SSSR count). The number of likely N-dealkylation sites (tertiary alicyclic amines) is 1. The van der Waals surface area contributed by atoms with Gasteiger partial charge in [-0.3, -0.25) is 9.69 Å². The van der Waals surface area contributed by atoms with Gasteiger partial charge in [-0.15, -0.1) is 0 Å². The maximum atomic E-state index is 13.2. The van der Waals surface area contributed by atoms with Crippen molar-refractivity contribution in [1.29, 1.82) is 0 Å². The summed E-state index contributed by atoms with van der Waals surface area (Å²) in [6.45, 7) is 1.83. The molecule has 0 radical (unpaired) electrons. The molecule has 0 spiro atoms. The predicted octanol–water partition coefficient (Wildman–Crippen LogP) is 0.831. The topological polar surface area (TPSA) is 52.6 Å². The zero-order chi connectivity index (χ0) is 12.3. The van der Waals surface area contributed by atoms with Gasteiger partial charge in [0.25, 0.3) is 0 Å². The van der Waals surface area contributed by atoms with E-state index >= 15 is 0 Å². The molecule has 0 aromatic heterocycles. The summed E-state index contributed by atoms with van der Waals surface area (Å²) in [6.07, 6.45) is 0.0470. The summed E-state index contributed by atoms with van der Waals surface area (Å²) in [7, 11) is 0. The van der Waals surface area contributed by atoms with Crippen LogP contribution in [0.5, 0.6) is 0 Å². The Kier molecular flexibility index (Phi) is 3.71. The average molecular weight is 238 g/mol. The molecular weight excluding hydrogens is 223 g/mol. The van der Waals surface area contributed by atoms with Crippen molar-refractivity contribution >= 4 is 11.6 Å². The first-order valence-electron chi connectivity index (χ1n) is 5.60. The highest BCUT2D eigenvalue weighted by molar-refractivity contribution is 5.90. The van der Waals surface area contributed by atoms with Gasteiger partial charge >= 0.3 is 0 Å². The van der Waals surface area contributed by atoms with Crippen molar-refractivity contribution in [1.82, 2.24) is 4.90 Å². The molecule has 1 amide bonds. The van der Waals surface area contributed by atoms with Crippen LogP contribution in [0.25, 0.3) is 0 Å². The molecular formula is C12H15FN2O2. The van der Waals surface area contributed by atoms with Gasteiger partial charge in [0.1, 0.15) is 5.82 Å². The van der Waals surface area contributed by atoms with E-state index in [1.54, 1.807) is 12.1 Å². The highest BCUT2D eigenvalue weighted by Crippen LogP contribution is 2.13. The van der Waals surface area contributed by atoms with Crippen LogP contribution in [0.3, 0.4) is 0 Å². The molecule has 1 fully saturated rings. The molecule has 1 aromatic rings. The third kappa shape index (κ3) is 3.25. The first-order valence-corrected chi connectivity index (χ1v) is 5.60. The Labute approximate surface area is 99.0 Å². The number of anilines is 1. The predicted molar refractivity (Wildman–Crippen MR) is 62.1 cm³/mol. The Morgan fingerprint density at radius 3 is 2.82 bits per heavy atom. The molecule has 0 bridgehead atoms. The third-order valence-corrected chi connectivity index (χ3v) is 2.74. The number of nitrogens with zero attached hydrogens (tertiary/aromatic N) is 1. The summed E-state index contributed by atoms with van der Waals surface area (Å²) in [5, 5.41) is 11.6. The zero-order valence-corrected chi connectivity index (χ0v) is 9.40. The van der Waals surface area contributed by atoms with E-state index in [1.807, 2.05) is 4.90 Å². The number of aliphatic hydroxyl groups excluding tert-OH is 1. The van der Waals surface area contributed by atoms with Gasteiger partial charge in [0.15, 0.2) is 0 Å². The monoisotopic (exact) mass is 238 g/mol. The van der Waals surface area contributed by atoms with Gasteiger partial charge in [-0.25, -0.2) is 4.39 Å². The number of rotatable bonds is 4. The van der Waals surface area contributed by atoms with Gasteiger partial charge in [0.05, 0.1) is 11.8 Å². The van der Waals surface area contributed by atoms with Gasteiger partial charge in [-0.05, 0) is 12.1 Å². The lowest BCUT2D eigenvalue weighted by atomic mass is 10.1. The minimum atomic E-state index is -0.430. The van der Waals surface area contributed by atoms with Crippen molar-refractivity contribution in [3.8, 4) is 0 Å². The summed E-state index contributed by atoms with van der Waals surface area (Å²) >= 11 is 0. The smallest absolute Gasteiger partial charge is 0.225 e. The van der Waals surface area contributed by atoms with E-state index in [9.17, 15) is 9.18 Å². The Morgan fingerprint density at radius 1 is 1.47 bits per heavy atom. The molecule has 2 N–H and O–H groups in total. The molecule has 0 atom stereocenters. The molecule has 92 valence electrons. The molecule has 1 aliphatic rings. The normalized spacial score (nSPS) is 16.6. The lowest BCUT2D eigenvalue weighted by molar-refractivity contribution is -0.117. The second kappa shape index (κ2) is 5.25. The Morgan fingerprint density at radius 2 is 2.18 bits per heavy atom. The lowest BCUT2D eigenvalue weighted by Gasteiger charge is -2.35. The Balaban J connectivity index is 1.76. The average Bonchev–Trinajstić information content (AvgIpc) is 2.26. The SMILES string of the molecule is O=C(CCN1CC(O)C1)Nc1ccccc1F. The summed E-state index contributed by atoms with van der Waals surface area (Å²) in [5.74, 6) is -0.642. The quantitative estimate of drug-likeness (QED) is 0.817. The number of nitrogens with one attached hydrogen (secondary N) is 1. The van der Waals surface area contributed by atoms with Gasteiger partial charge in [-0.2, -0.15) is 0 Å². The van der Waals surface area contributed by atoms with Crippen LogP contribution >= 0.6 is 0 Å². The fraction of sp³-hybridized carbons (Fsp3) is 0.417. The summed E-state index contributed by atoms with van der Waals surface area (Å²) in [4.78, 5) is 13.5. The second-order valence-electron chi connectivity index (χ2n) is 4.19. The summed E-state index contributed by atoms with van der Waals surface area (Å²) in [5.41, 5.74) is 0.209. The summed E-state index contributed by atoms with van der Waals surface area (Å²) in [6, 6.07) is 6.08. The number of aliphatic hydroxyl groups is 1. The number of hydrogen-bond donors (Lipinski definition) is 2. The highest BCUT2D eigenvalue weighted by Gasteiger charge is 2.24.